The highest BCUT2D eigenvalue weighted by molar-refractivity contribution is 7.15. The van der Waals surface area contributed by atoms with Crippen molar-refractivity contribution in [3.05, 3.63) is 77.9 Å². The van der Waals surface area contributed by atoms with Crippen molar-refractivity contribution in [2.45, 2.75) is 19.4 Å². The maximum absolute atomic E-state index is 12.3. The third-order valence-electron chi connectivity index (χ3n) is 4.46. The number of benzene rings is 2. The average molecular weight is 404 g/mol. The molecule has 29 heavy (non-hydrogen) atoms. The summed E-state index contributed by atoms with van der Waals surface area (Å²) in [6.45, 7) is 1.81. The number of carbonyl (C=O) groups excluding carboxylic acids is 2. The Balaban J connectivity index is 1.32. The summed E-state index contributed by atoms with van der Waals surface area (Å²) in [4.78, 5) is 30.0. The average Bonchev–Trinajstić information content (AvgIpc) is 3.31. The van der Waals surface area contributed by atoms with E-state index in [2.05, 4.69) is 15.6 Å². The highest BCUT2D eigenvalue weighted by Gasteiger charge is 2.13. The quantitative estimate of drug-likeness (QED) is 0.505. The largest absolute Gasteiger partial charge is 0.349 e. The molecule has 2 aromatic carbocycles. The van der Waals surface area contributed by atoms with Gasteiger partial charge in [-0.05, 0) is 31.2 Å². The van der Waals surface area contributed by atoms with E-state index < -0.39 is 0 Å². The molecule has 0 saturated carbocycles. The Morgan fingerprint density at radius 3 is 2.59 bits per heavy atom. The normalized spacial score (nSPS) is 11.9. The molecule has 7 heteroatoms. The van der Waals surface area contributed by atoms with Crippen molar-refractivity contribution in [1.82, 2.24) is 14.7 Å². The Hall–Kier alpha value is -3.45. The lowest BCUT2D eigenvalue weighted by molar-refractivity contribution is -0.116. The summed E-state index contributed by atoms with van der Waals surface area (Å²) in [6, 6.07) is 16.3. The van der Waals surface area contributed by atoms with Gasteiger partial charge in [0.2, 0.25) is 5.91 Å². The molecule has 0 aliphatic rings. The minimum atomic E-state index is -0.277. The fourth-order valence-corrected chi connectivity index (χ4v) is 3.73. The zero-order chi connectivity index (χ0) is 20.2. The van der Waals surface area contributed by atoms with Crippen LogP contribution in [0.25, 0.3) is 16.2 Å². The topological polar surface area (TPSA) is 75.5 Å². The molecule has 2 heterocycles. The van der Waals surface area contributed by atoms with Crippen molar-refractivity contribution in [2.24, 2.45) is 0 Å². The highest BCUT2D eigenvalue weighted by atomic mass is 32.1. The molecule has 4 rings (SSSR count). The summed E-state index contributed by atoms with van der Waals surface area (Å²) in [6.07, 6.45) is 4.15. The fraction of sp³-hybridized carbons (Fsp3) is 0.136. The van der Waals surface area contributed by atoms with Gasteiger partial charge in [-0.3, -0.25) is 14.0 Å². The molecule has 0 aliphatic carbocycles. The number of nitrogens with one attached hydrogen (secondary N) is 2. The first-order valence-electron chi connectivity index (χ1n) is 9.27. The van der Waals surface area contributed by atoms with E-state index in [9.17, 15) is 9.59 Å². The number of carbonyl (C=O) groups is 2. The van der Waals surface area contributed by atoms with Crippen molar-refractivity contribution in [3.8, 4) is 11.3 Å². The zero-order valence-corrected chi connectivity index (χ0v) is 16.6. The van der Waals surface area contributed by atoms with E-state index in [0.717, 1.165) is 16.2 Å². The molecule has 0 saturated heterocycles. The van der Waals surface area contributed by atoms with Crippen LogP contribution in [0.15, 0.2) is 72.4 Å². The minimum absolute atomic E-state index is 0.152. The number of amides is 2. The number of aromatic nitrogens is 2. The number of thiazole rings is 1. The molecule has 0 fully saturated rings. The van der Waals surface area contributed by atoms with E-state index in [0.29, 0.717) is 11.3 Å². The van der Waals surface area contributed by atoms with Gasteiger partial charge < -0.3 is 10.6 Å². The Kier molecular flexibility index (Phi) is 5.39. The third-order valence-corrected chi connectivity index (χ3v) is 5.23. The van der Waals surface area contributed by atoms with Crippen LogP contribution in [0, 0.1) is 0 Å². The van der Waals surface area contributed by atoms with Crippen molar-refractivity contribution < 1.29 is 9.59 Å². The molecule has 0 spiro atoms. The van der Waals surface area contributed by atoms with Crippen LogP contribution in [0.4, 0.5) is 5.69 Å². The summed E-state index contributed by atoms with van der Waals surface area (Å²) in [7, 11) is 0. The monoisotopic (exact) mass is 404 g/mol. The molecule has 4 aromatic rings. The first kappa shape index (κ1) is 18.9. The minimum Gasteiger partial charge on any atom is -0.349 e. The summed E-state index contributed by atoms with van der Waals surface area (Å²) >= 11 is 1.59. The van der Waals surface area contributed by atoms with E-state index in [1.807, 2.05) is 71.6 Å². The SMILES string of the molecule is CC(CC(=O)Nc1ccc(-c2cn3ccsc3n2)cc1)NC(=O)c1ccccc1. The zero-order valence-electron chi connectivity index (χ0n) is 15.8. The second-order valence-electron chi connectivity index (χ2n) is 6.79. The van der Waals surface area contributed by atoms with Crippen LogP contribution in [-0.4, -0.2) is 27.2 Å². The molecule has 2 N–H and O–H groups in total. The van der Waals surface area contributed by atoms with Crippen LogP contribution in [0.3, 0.4) is 0 Å². The standard InChI is InChI=1S/C22H20N4O2S/c1-15(23-21(28)17-5-3-2-4-6-17)13-20(27)24-18-9-7-16(8-10-18)19-14-26-11-12-29-22(26)25-19/h2-12,14-15H,13H2,1H3,(H,23,28)(H,24,27). The van der Waals surface area contributed by atoms with E-state index in [-0.39, 0.29) is 24.3 Å². The lowest BCUT2D eigenvalue weighted by Gasteiger charge is -2.14. The Morgan fingerprint density at radius 2 is 1.86 bits per heavy atom. The number of hydrogen-bond acceptors (Lipinski definition) is 4. The van der Waals surface area contributed by atoms with Crippen molar-refractivity contribution >= 4 is 33.8 Å². The van der Waals surface area contributed by atoms with Crippen molar-refractivity contribution in [1.29, 1.82) is 0 Å². The van der Waals surface area contributed by atoms with Gasteiger partial charge in [0.05, 0.1) is 5.69 Å². The maximum atomic E-state index is 12.3. The number of nitrogens with zero attached hydrogens (tertiary/aromatic N) is 2. The van der Waals surface area contributed by atoms with Crippen LogP contribution in [0.5, 0.6) is 0 Å². The molecule has 146 valence electrons. The molecular weight excluding hydrogens is 384 g/mol. The predicted octanol–water partition coefficient (Wildman–Crippen LogP) is 4.21. The number of hydrogen-bond donors (Lipinski definition) is 2. The van der Waals surface area contributed by atoms with E-state index in [1.54, 1.807) is 23.5 Å². The number of fused-ring (bicyclic) bond motifs is 1. The second kappa shape index (κ2) is 8.28. The van der Waals surface area contributed by atoms with Crippen molar-refractivity contribution in [2.75, 3.05) is 5.32 Å². The Bertz CT molecular complexity index is 1100. The van der Waals surface area contributed by atoms with Gasteiger partial charge in [0, 0.05) is 47.1 Å². The van der Waals surface area contributed by atoms with Gasteiger partial charge >= 0.3 is 0 Å². The molecule has 2 aromatic heterocycles. The summed E-state index contributed by atoms with van der Waals surface area (Å²) in [5.74, 6) is -0.337. The van der Waals surface area contributed by atoms with Crippen LogP contribution >= 0.6 is 11.3 Å². The maximum Gasteiger partial charge on any atom is 0.251 e. The molecular formula is C22H20N4O2S. The summed E-state index contributed by atoms with van der Waals surface area (Å²) in [5.41, 5.74) is 3.17. The van der Waals surface area contributed by atoms with Gasteiger partial charge in [-0.15, -0.1) is 11.3 Å². The molecule has 0 radical (unpaired) electrons. The fourth-order valence-electron chi connectivity index (χ4n) is 3.03. The summed E-state index contributed by atoms with van der Waals surface area (Å²) in [5, 5.41) is 7.71. The molecule has 6 nitrogen and oxygen atoms in total. The lowest BCUT2D eigenvalue weighted by atomic mass is 10.1. The number of imidazole rings is 1. The van der Waals surface area contributed by atoms with Crippen LogP contribution in [0.2, 0.25) is 0 Å². The van der Waals surface area contributed by atoms with E-state index in [4.69, 9.17) is 0 Å². The summed E-state index contributed by atoms with van der Waals surface area (Å²) < 4.78 is 1.99. The highest BCUT2D eigenvalue weighted by Crippen LogP contribution is 2.23. The van der Waals surface area contributed by atoms with Gasteiger partial charge in [-0.1, -0.05) is 30.3 Å². The van der Waals surface area contributed by atoms with Crippen LogP contribution in [0.1, 0.15) is 23.7 Å². The number of rotatable bonds is 6. The van der Waals surface area contributed by atoms with E-state index in [1.165, 1.54) is 0 Å². The van der Waals surface area contributed by atoms with Crippen LogP contribution < -0.4 is 10.6 Å². The first-order chi connectivity index (χ1) is 14.1. The van der Waals surface area contributed by atoms with Gasteiger partial charge in [0.1, 0.15) is 0 Å². The molecule has 0 aliphatic heterocycles. The molecule has 1 atom stereocenters. The first-order valence-corrected chi connectivity index (χ1v) is 10.1. The Labute approximate surface area is 172 Å². The van der Waals surface area contributed by atoms with Gasteiger partial charge in [-0.2, -0.15) is 0 Å². The smallest absolute Gasteiger partial charge is 0.251 e. The van der Waals surface area contributed by atoms with Gasteiger partial charge in [0.25, 0.3) is 5.91 Å². The predicted molar refractivity (Wildman–Crippen MR) is 115 cm³/mol. The Morgan fingerprint density at radius 1 is 1.10 bits per heavy atom. The second-order valence-corrected chi connectivity index (χ2v) is 7.66. The third kappa shape index (κ3) is 4.52. The van der Waals surface area contributed by atoms with E-state index >= 15 is 0 Å². The van der Waals surface area contributed by atoms with Crippen molar-refractivity contribution in [3.63, 3.8) is 0 Å². The molecule has 2 amide bonds. The van der Waals surface area contributed by atoms with Gasteiger partial charge in [0.15, 0.2) is 4.96 Å². The molecule has 1 unspecified atom stereocenters. The molecule has 0 bridgehead atoms. The van der Waals surface area contributed by atoms with Gasteiger partial charge in [-0.25, -0.2) is 4.98 Å². The number of anilines is 1. The van der Waals surface area contributed by atoms with Crippen LogP contribution in [-0.2, 0) is 4.79 Å². The lowest BCUT2D eigenvalue weighted by Crippen LogP contribution is -2.35.